The maximum atomic E-state index is 13.1. The molecule has 0 aliphatic carbocycles. The van der Waals surface area contributed by atoms with Crippen molar-refractivity contribution in [3.05, 3.63) is 131 Å². The Hall–Kier alpha value is -5.78. The van der Waals surface area contributed by atoms with Crippen LogP contribution < -0.4 is 15.4 Å². The van der Waals surface area contributed by atoms with Crippen LogP contribution in [0.2, 0.25) is 0 Å². The number of piperidine rings is 1. The van der Waals surface area contributed by atoms with Gasteiger partial charge in [0.25, 0.3) is 5.91 Å². The number of imide groups is 1. The lowest BCUT2D eigenvalue weighted by Gasteiger charge is -2.34. The Balaban J connectivity index is 0.841. The van der Waals surface area contributed by atoms with Crippen LogP contribution in [0.3, 0.4) is 0 Å². The summed E-state index contributed by atoms with van der Waals surface area (Å²) in [7, 11) is 0. The minimum Gasteiger partial charge on any atom is -0.492 e. The van der Waals surface area contributed by atoms with E-state index in [1.807, 2.05) is 29.2 Å². The van der Waals surface area contributed by atoms with E-state index in [0.29, 0.717) is 48.8 Å². The van der Waals surface area contributed by atoms with Gasteiger partial charge in [0, 0.05) is 81.2 Å². The number of ether oxygens (including phenoxy) is 1. The second-order valence-corrected chi connectivity index (χ2v) is 15.1. The number of allylic oxidation sites excluding steroid dienone is 1. The van der Waals surface area contributed by atoms with Crippen LogP contribution in [-0.4, -0.2) is 95.5 Å². The zero-order valence-corrected chi connectivity index (χ0v) is 33.2. The van der Waals surface area contributed by atoms with E-state index in [1.54, 1.807) is 18.2 Å². The summed E-state index contributed by atoms with van der Waals surface area (Å²) >= 11 is 6.32. The predicted octanol–water partition coefficient (Wildman–Crippen LogP) is 6.37. The minimum absolute atomic E-state index is 0.0280. The van der Waals surface area contributed by atoms with Crippen molar-refractivity contribution >= 4 is 58.0 Å². The summed E-state index contributed by atoms with van der Waals surface area (Å²) < 4.78 is 6.16. The minimum atomic E-state index is -0.732. The lowest BCUT2D eigenvalue weighted by molar-refractivity contribution is -0.137. The first-order chi connectivity index (χ1) is 28.3. The molecule has 2 saturated heterocycles. The number of alkyl halides is 1. The zero-order valence-electron chi connectivity index (χ0n) is 32.5. The topological polar surface area (TPSA) is 128 Å². The van der Waals surface area contributed by atoms with Crippen LogP contribution in [0.1, 0.15) is 71.1 Å². The van der Waals surface area contributed by atoms with Crippen molar-refractivity contribution in [3.63, 3.8) is 0 Å². The molecule has 3 aliphatic heterocycles. The lowest BCUT2D eigenvalue weighted by Crippen LogP contribution is -2.52. The van der Waals surface area contributed by atoms with E-state index in [-0.39, 0.29) is 55.9 Å². The van der Waals surface area contributed by atoms with Crippen molar-refractivity contribution < 1.29 is 28.7 Å². The summed E-state index contributed by atoms with van der Waals surface area (Å²) in [6.07, 6.45) is 1.99. The molecule has 11 nitrogen and oxygen atoms in total. The second kappa shape index (κ2) is 19.1. The van der Waals surface area contributed by atoms with Crippen molar-refractivity contribution in [3.8, 4) is 5.75 Å². The molecule has 0 radical (unpaired) electrons. The Morgan fingerprint density at radius 2 is 1.47 bits per heavy atom. The quantitative estimate of drug-likeness (QED) is 0.0813. The molecule has 3 aliphatic rings. The van der Waals surface area contributed by atoms with Gasteiger partial charge in [0.05, 0.1) is 0 Å². The van der Waals surface area contributed by atoms with Crippen LogP contribution in [0.25, 0.3) is 11.1 Å². The van der Waals surface area contributed by atoms with E-state index in [1.165, 1.54) is 10.5 Å². The number of carbonyl (C=O) groups excluding carboxylic acids is 5. The smallest absolute Gasteiger partial charge is 0.255 e. The van der Waals surface area contributed by atoms with Gasteiger partial charge in [0.15, 0.2) is 0 Å². The van der Waals surface area contributed by atoms with Crippen LogP contribution in [-0.2, 0) is 25.7 Å². The summed E-state index contributed by atoms with van der Waals surface area (Å²) in [4.78, 5) is 68.7. The molecular weight excluding hydrogens is 754 g/mol. The van der Waals surface area contributed by atoms with Gasteiger partial charge in [-0.05, 0) is 71.4 Å². The SMILES string of the molecule is O=C1CCC(N2Cc3c(NC(=O)CCCC(=O)N4CCN(CCOc5ccc(C(=C(CCCl)c6ccccc6)c6ccccc6)cc5)CC4)cccc3C2=O)C(=O)N1. The number of amides is 5. The predicted molar refractivity (Wildman–Crippen MR) is 224 cm³/mol. The molecule has 4 aromatic rings. The molecule has 0 bridgehead atoms. The molecule has 1 unspecified atom stereocenters. The van der Waals surface area contributed by atoms with Gasteiger partial charge in [-0.25, -0.2) is 0 Å². The average molecular weight is 802 g/mol. The van der Waals surface area contributed by atoms with Crippen LogP contribution in [0.4, 0.5) is 5.69 Å². The first-order valence-corrected chi connectivity index (χ1v) is 20.5. The monoisotopic (exact) mass is 801 g/mol. The normalized spacial score (nSPS) is 17.4. The number of halogens is 1. The molecule has 12 heteroatoms. The lowest BCUT2D eigenvalue weighted by atomic mass is 9.88. The van der Waals surface area contributed by atoms with Crippen LogP contribution in [0, 0.1) is 0 Å². The number of hydrogen-bond acceptors (Lipinski definition) is 7. The molecular formula is C46H48ClN5O6. The fourth-order valence-electron chi connectivity index (χ4n) is 7.97. The molecule has 58 heavy (non-hydrogen) atoms. The second-order valence-electron chi connectivity index (χ2n) is 14.8. The highest BCUT2D eigenvalue weighted by Crippen LogP contribution is 2.36. The fourth-order valence-corrected chi connectivity index (χ4v) is 8.16. The molecule has 2 N–H and O–H groups in total. The van der Waals surface area contributed by atoms with E-state index in [2.05, 4.69) is 76.2 Å². The largest absolute Gasteiger partial charge is 0.492 e. The number of hydrogen-bond donors (Lipinski definition) is 2. The van der Waals surface area contributed by atoms with Crippen LogP contribution in [0.5, 0.6) is 5.75 Å². The number of nitrogens with one attached hydrogen (secondary N) is 2. The average Bonchev–Trinajstić information content (AvgIpc) is 3.58. The zero-order chi connectivity index (χ0) is 40.4. The highest BCUT2D eigenvalue weighted by Gasteiger charge is 2.40. The first kappa shape index (κ1) is 40.4. The Bertz CT molecular complexity index is 2150. The first-order valence-electron chi connectivity index (χ1n) is 20.0. The van der Waals surface area contributed by atoms with E-state index < -0.39 is 11.9 Å². The van der Waals surface area contributed by atoms with Crippen molar-refractivity contribution in [1.29, 1.82) is 0 Å². The summed E-state index contributed by atoms with van der Waals surface area (Å²) in [6, 6.07) is 33.4. The molecule has 300 valence electrons. The third kappa shape index (κ3) is 9.66. The molecule has 0 spiro atoms. The number of anilines is 1. The van der Waals surface area contributed by atoms with E-state index in [0.717, 1.165) is 54.1 Å². The Morgan fingerprint density at radius 1 is 0.776 bits per heavy atom. The van der Waals surface area contributed by atoms with Gasteiger partial charge in [0.2, 0.25) is 23.6 Å². The van der Waals surface area contributed by atoms with Crippen molar-refractivity contribution in [2.24, 2.45) is 0 Å². The van der Waals surface area contributed by atoms with Gasteiger partial charge in [-0.3, -0.25) is 34.2 Å². The summed E-state index contributed by atoms with van der Waals surface area (Å²) in [5.41, 5.74) is 7.33. The number of fused-ring (bicyclic) bond motifs is 1. The van der Waals surface area contributed by atoms with Crippen molar-refractivity contribution in [2.75, 3.05) is 50.5 Å². The van der Waals surface area contributed by atoms with Crippen LogP contribution in [0.15, 0.2) is 103 Å². The molecule has 0 saturated carbocycles. The van der Waals surface area contributed by atoms with Crippen LogP contribution >= 0.6 is 11.6 Å². The Kier molecular flexibility index (Phi) is 13.3. The Morgan fingerprint density at radius 3 is 2.16 bits per heavy atom. The fraction of sp³-hybridized carbons (Fsp3) is 0.326. The third-order valence-corrected chi connectivity index (χ3v) is 11.2. The van der Waals surface area contributed by atoms with Gasteiger partial charge in [-0.1, -0.05) is 78.9 Å². The summed E-state index contributed by atoms with van der Waals surface area (Å²) in [6.45, 7) is 4.17. The summed E-state index contributed by atoms with van der Waals surface area (Å²) in [5.74, 6) is -0.0293. The molecule has 3 heterocycles. The molecule has 1 atom stereocenters. The summed E-state index contributed by atoms with van der Waals surface area (Å²) in [5, 5.41) is 5.21. The number of nitrogens with zero attached hydrogens (tertiary/aromatic N) is 3. The highest BCUT2D eigenvalue weighted by atomic mass is 35.5. The van der Waals surface area contributed by atoms with Gasteiger partial charge < -0.3 is 19.9 Å². The standard InChI is InChI=1S/C46H48ClN5O6/c47-24-23-36(32-9-3-1-4-10-32)44(33-11-5-2-6-12-33)34-17-19-35(20-18-34)58-30-29-50-25-27-51(28-26-50)43(55)16-8-15-41(53)48-39-14-7-13-37-38(39)31-52(46(37)57)40-21-22-42(54)49-45(40)56/h1-7,9-14,17-20,40H,8,15-16,21-31H2,(H,48,53)(H,49,54,56). The highest BCUT2D eigenvalue weighted by molar-refractivity contribution is 6.18. The molecule has 4 aromatic carbocycles. The van der Waals surface area contributed by atoms with Gasteiger partial charge in [-0.2, -0.15) is 0 Å². The van der Waals surface area contributed by atoms with E-state index in [4.69, 9.17) is 16.3 Å². The molecule has 2 fully saturated rings. The molecule has 7 rings (SSSR count). The number of carbonyl (C=O) groups is 5. The number of benzene rings is 4. The molecule has 5 amide bonds. The Labute approximate surface area is 344 Å². The van der Waals surface area contributed by atoms with Gasteiger partial charge in [0.1, 0.15) is 18.4 Å². The van der Waals surface area contributed by atoms with Gasteiger partial charge in [-0.15, -0.1) is 11.6 Å². The van der Waals surface area contributed by atoms with Crippen molar-refractivity contribution in [2.45, 2.75) is 51.1 Å². The van der Waals surface area contributed by atoms with E-state index in [9.17, 15) is 24.0 Å². The van der Waals surface area contributed by atoms with E-state index >= 15 is 0 Å². The number of rotatable bonds is 15. The maximum Gasteiger partial charge on any atom is 0.255 e. The number of piperazine rings is 1. The third-order valence-electron chi connectivity index (χ3n) is 11.0. The maximum absolute atomic E-state index is 13.1. The molecule has 0 aromatic heterocycles. The van der Waals surface area contributed by atoms with Gasteiger partial charge >= 0.3 is 0 Å². The van der Waals surface area contributed by atoms with Crippen molar-refractivity contribution in [1.82, 2.24) is 20.0 Å².